The third-order valence-corrected chi connectivity index (χ3v) is 3.80. The molecule has 1 saturated heterocycles. The second kappa shape index (κ2) is 5.54. The maximum absolute atomic E-state index is 11.9. The van der Waals surface area contributed by atoms with Gasteiger partial charge in [0.05, 0.1) is 0 Å². The molecule has 1 amide bonds. The summed E-state index contributed by atoms with van der Waals surface area (Å²) in [5, 5.41) is 0. The molecule has 4 heteroatoms. The van der Waals surface area contributed by atoms with E-state index in [1.54, 1.807) is 6.20 Å². The van der Waals surface area contributed by atoms with E-state index in [-0.39, 0.29) is 11.9 Å². The Hall–Kier alpha value is -1.03. The van der Waals surface area contributed by atoms with Crippen LogP contribution in [0, 0.1) is 5.92 Å². The molecule has 1 fully saturated rings. The van der Waals surface area contributed by atoms with Crippen molar-refractivity contribution in [2.45, 2.75) is 25.8 Å². The van der Waals surface area contributed by atoms with Crippen molar-refractivity contribution in [1.82, 2.24) is 9.88 Å². The van der Waals surface area contributed by atoms with Gasteiger partial charge in [-0.05, 0) is 36.6 Å². The molecule has 2 atom stereocenters. The van der Waals surface area contributed by atoms with Crippen LogP contribution in [-0.2, 0) is 11.2 Å². The first kappa shape index (κ1) is 12.4. The van der Waals surface area contributed by atoms with Gasteiger partial charge in [-0.2, -0.15) is 12.6 Å². The Labute approximate surface area is 108 Å². The van der Waals surface area contributed by atoms with E-state index in [1.807, 2.05) is 17.2 Å². The maximum Gasteiger partial charge on any atom is 0.223 e. The van der Waals surface area contributed by atoms with Crippen molar-refractivity contribution in [3.63, 3.8) is 0 Å². The van der Waals surface area contributed by atoms with Crippen molar-refractivity contribution in [3.05, 3.63) is 30.1 Å². The molecule has 0 aliphatic carbocycles. The Bertz CT molecular complexity index is 382. The average Bonchev–Trinajstić information content (AvgIpc) is 2.72. The minimum atomic E-state index is 0.247. The molecule has 3 nitrogen and oxygen atoms in total. The second-order valence-electron chi connectivity index (χ2n) is 4.71. The number of carbonyl (C=O) groups is 1. The smallest absolute Gasteiger partial charge is 0.223 e. The molecule has 0 saturated carbocycles. The predicted molar refractivity (Wildman–Crippen MR) is 71.1 cm³/mol. The summed E-state index contributed by atoms with van der Waals surface area (Å²) < 4.78 is 0. The predicted octanol–water partition coefficient (Wildman–Crippen LogP) is 1.79. The van der Waals surface area contributed by atoms with Gasteiger partial charge < -0.3 is 4.90 Å². The molecule has 0 N–H and O–H groups in total. The molecular weight excluding hydrogens is 232 g/mol. The van der Waals surface area contributed by atoms with Gasteiger partial charge in [0.2, 0.25) is 5.91 Å². The van der Waals surface area contributed by atoms with E-state index in [0.29, 0.717) is 12.3 Å². The summed E-state index contributed by atoms with van der Waals surface area (Å²) in [7, 11) is 0. The Morgan fingerprint density at radius 2 is 2.47 bits per heavy atom. The molecule has 1 aliphatic rings. The molecule has 0 aromatic carbocycles. The molecule has 0 radical (unpaired) electrons. The zero-order valence-electron chi connectivity index (χ0n) is 10.0. The zero-order valence-corrected chi connectivity index (χ0v) is 10.9. The molecule has 2 rings (SSSR count). The lowest BCUT2D eigenvalue weighted by Gasteiger charge is -2.24. The van der Waals surface area contributed by atoms with Gasteiger partial charge in [-0.15, -0.1) is 0 Å². The number of thiol groups is 1. The van der Waals surface area contributed by atoms with Gasteiger partial charge in [-0.1, -0.05) is 6.07 Å². The van der Waals surface area contributed by atoms with Gasteiger partial charge >= 0.3 is 0 Å². The van der Waals surface area contributed by atoms with E-state index >= 15 is 0 Å². The number of hydrogen-bond donors (Lipinski definition) is 1. The Balaban J connectivity index is 1.97. The summed E-state index contributed by atoms with van der Waals surface area (Å²) in [4.78, 5) is 17.9. The van der Waals surface area contributed by atoms with Crippen molar-refractivity contribution in [1.29, 1.82) is 0 Å². The number of pyridine rings is 1. The van der Waals surface area contributed by atoms with E-state index in [0.717, 1.165) is 18.7 Å². The summed E-state index contributed by atoms with van der Waals surface area (Å²) in [5.74, 6) is 1.48. The van der Waals surface area contributed by atoms with E-state index in [2.05, 4.69) is 30.6 Å². The number of likely N-dealkylation sites (tertiary alicyclic amines) is 1. The Kier molecular flexibility index (Phi) is 4.05. The summed E-state index contributed by atoms with van der Waals surface area (Å²) in [5.41, 5.74) is 1.18. The van der Waals surface area contributed by atoms with Crippen molar-refractivity contribution in [2.75, 3.05) is 12.3 Å². The lowest BCUT2D eigenvalue weighted by atomic mass is 10.1. The normalized spacial score (nSPS) is 21.9. The number of carbonyl (C=O) groups excluding carboxylic acids is 1. The highest BCUT2D eigenvalue weighted by Gasteiger charge is 2.31. The second-order valence-corrected chi connectivity index (χ2v) is 5.08. The van der Waals surface area contributed by atoms with E-state index < -0.39 is 0 Å². The minimum Gasteiger partial charge on any atom is -0.339 e. The molecule has 0 spiro atoms. The van der Waals surface area contributed by atoms with Crippen LogP contribution in [0.1, 0.15) is 18.9 Å². The fraction of sp³-hybridized carbons (Fsp3) is 0.538. The fourth-order valence-electron chi connectivity index (χ4n) is 2.33. The number of amides is 1. The van der Waals surface area contributed by atoms with Crippen LogP contribution in [0.4, 0.5) is 0 Å². The molecule has 2 unspecified atom stereocenters. The first-order valence-corrected chi connectivity index (χ1v) is 6.63. The largest absolute Gasteiger partial charge is 0.339 e. The van der Waals surface area contributed by atoms with Gasteiger partial charge in [-0.3, -0.25) is 9.78 Å². The Morgan fingerprint density at radius 1 is 1.65 bits per heavy atom. The van der Waals surface area contributed by atoms with Gasteiger partial charge in [0.15, 0.2) is 0 Å². The van der Waals surface area contributed by atoms with Crippen LogP contribution < -0.4 is 0 Å². The number of hydrogen-bond acceptors (Lipinski definition) is 3. The van der Waals surface area contributed by atoms with Crippen LogP contribution in [0.25, 0.3) is 0 Å². The van der Waals surface area contributed by atoms with Gasteiger partial charge in [-0.25, -0.2) is 0 Å². The third-order valence-electron chi connectivity index (χ3n) is 3.28. The van der Waals surface area contributed by atoms with Crippen LogP contribution in [0.5, 0.6) is 0 Å². The highest BCUT2D eigenvalue weighted by atomic mass is 32.1. The first-order valence-electron chi connectivity index (χ1n) is 6.00. The summed E-state index contributed by atoms with van der Waals surface area (Å²) >= 11 is 4.28. The Morgan fingerprint density at radius 3 is 3.06 bits per heavy atom. The van der Waals surface area contributed by atoms with Crippen molar-refractivity contribution in [3.8, 4) is 0 Å². The molecular formula is C13H18N2OS. The van der Waals surface area contributed by atoms with Gasteiger partial charge in [0.1, 0.15) is 0 Å². The zero-order chi connectivity index (χ0) is 12.3. The monoisotopic (exact) mass is 250 g/mol. The van der Waals surface area contributed by atoms with Crippen LogP contribution in [-0.4, -0.2) is 34.1 Å². The summed E-state index contributed by atoms with van der Waals surface area (Å²) in [6.07, 6.45) is 5.17. The lowest BCUT2D eigenvalue weighted by molar-refractivity contribution is -0.129. The number of nitrogens with zero attached hydrogens (tertiary/aromatic N) is 2. The first-order chi connectivity index (χ1) is 8.20. The number of rotatable bonds is 4. The molecule has 0 bridgehead atoms. The van der Waals surface area contributed by atoms with Crippen LogP contribution >= 0.6 is 12.6 Å². The minimum absolute atomic E-state index is 0.247. The van der Waals surface area contributed by atoms with Crippen LogP contribution in [0.2, 0.25) is 0 Å². The van der Waals surface area contributed by atoms with Crippen LogP contribution in [0.3, 0.4) is 0 Å². The molecule has 1 aromatic rings. The third kappa shape index (κ3) is 3.00. The molecule has 17 heavy (non-hydrogen) atoms. The maximum atomic E-state index is 11.9. The van der Waals surface area contributed by atoms with E-state index in [4.69, 9.17) is 0 Å². The van der Waals surface area contributed by atoms with Crippen molar-refractivity contribution < 1.29 is 4.79 Å². The topological polar surface area (TPSA) is 33.2 Å². The molecule has 1 aliphatic heterocycles. The quantitative estimate of drug-likeness (QED) is 0.827. The van der Waals surface area contributed by atoms with Crippen molar-refractivity contribution in [2.24, 2.45) is 5.92 Å². The van der Waals surface area contributed by atoms with E-state index in [1.165, 1.54) is 5.56 Å². The molecule has 92 valence electrons. The standard InChI is InChI=1S/C13H18N2OS/c1-10(5-11-3-2-4-14-7-11)15-8-12(9-17)6-13(15)16/h2-4,7,10,12,17H,5-6,8-9H2,1H3. The fourth-order valence-corrected chi connectivity index (χ4v) is 2.57. The highest BCUT2D eigenvalue weighted by Crippen LogP contribution is 2.22. The number of aromatic nitrogens is 1. The molecule has 2 heterocycles. The molecule has 1 aromatic heterocycles. The van der Waals surface area contributed by atoms with Gasteiger partial charge in [0, 0.05) is 31.4 Å². The van der Waals surface area contributed by atoms with Crippen molar-refractivity contribution >= 4 is 18.5 Å². The highest BCUT2D eigenvalue weighted by molar-refractivity contribution is 7.80. The van der Waals surface area contributed by atoms with Crippen LogP contribution in [0.15, 0.2) is 24.5 Å². The SMILES string of the molecule is CC(Cc1cccnc1)N1CC(CS)CC1=O. The van der Waals surface area contributed by atoms with E-state index in [9.17, 15) is 4.79 Å². The average molecular weight is 250 g/mol. The summed E-state index contributed by atoms with van der Waals surface area (Å²) in [6, 6.07) is 4.24. The lowest BCUT2D eigenvalue weighted by Crippen LogP contribution is -2.36. The van der Waals surface area contributed by atoms with Gasteiger partial charge in [0.25, 0.3) is 0 Å². The summed E-state index contributed by atoms with van der Waals surface area (Å²) in [6.45, 7) is 2.95.